The summed E-state index contributed by atoms with van der Waals surface area (Å²) in [7, 11) is 0. The van der Waals surface area contributed by atoms with Gasteiger partial charge in [0.15, 0.2) is 0 Å². The fourth-order valence-electron chi connectivity index (χ4n) is 3.98. The van der Waals surface area contributed by atoms with Crippen LogP contribution in [0.5, 0.6) is 0 Å². The topological polar surface area (TPSA) is 32.3 Å². The molecule has 0 radical (unpaired) electrons. The number of carbonyl (C=O) groups is 1. The molecule has 3 rings (SSSR count). The predicted molar refractivity (Wildman–Crippen MR) is 90.6 cm³/mol. The number of halogens is 3. The second-order valence-corrected chi connectivity index (χ2v) is 7.32. The minimum absolute atomic E-state index is 0.143. The largest absolute Gasteiger partial charge is 0.416 e. The van der Waals surface area contributed by atoms with Gasteiger partial charge in [0.2, 0.25) is 0 Å². The molecule has 0 aliphatic carbocycles. The summed E-state index contributed by atoms with van der Waals surface area (Å²) < 4.78 is 40.3. The zero-order valence-corrected chi connectivity index (χ0v) is 14.5. The summed E-state index contributed by atoms with van der Waals surface area (Å²) in [6.45, 7) is 4.90. The molecule has 1 unspecified atom stereocenters. The Kier molecular flexibility index (Phi) is 5.37. The summed E-state index contributed by atoms with van der Waals surface area (Å²) in [5.41, 5.74) is 0.0727. The van der Waals surface area contributed by atoms with E-state index in [1.807, 2.05) is 0 Å². The fraction of sp³-hybridized carbons (Fsp3) is 0.632. The van der Waals surface area contributed by atoms with Crippen molar-refractivity contribution in [2.24, 2.45) is 5.92 Å². The first kappa shape index (κ1) is 18.2. The molecule has 0 bridgehead atoms. The van der Waals surface area contributed by atoms with Gasteiger partial charge in [0.25, 0.3) is 5.91 Å². The molecular formula is C19H25F3N2O. The van der Waals surface area contributed by atoms with Crippen LogP contribution in [0.3, 0.4) is 0 Å². The van der Waals surface area contributed by atoms with E-state index in [4.69, 9.17) is 0 Å². The van der Waals surface area contributed by atoms with Crippen molar-refractivity contribution in [2.75, 3.05) is 26.2 Å². The molecule has 0 aromatic heterocycles. The molecule has 1 N–H and O–H groups in total. The van der Waals surface area contributed by atoms with Crippen LogP contribution in [-0.2, 0) is 6.18 Å². The third-order valence-corrected chi connectivity index (χ3v) is 5.33. The molecule has 2 saturated heterocycles. The summed E-state index contributed by atoms with van der Waals surface area (Å²) in [6.07, 6.45) is -1.00. The molecule has 2 aliphatic rings. The second kappa shape index (κ2) is 7.36. The average Bonchev–Trinajstić information content (AvgIpc) is 2.60. The quantitative estimate of drug-likeness (QED) is 0.869. The molecule has 25 heavy (non-hydrogen) atoms. The smallest absolute Gasteiger partial charge is 0.338 e. The first-order chi connectivity index (χ1) is 11.9. The van der Waals surface area contributed by atoms with E-state index in [2.05, 4.69) is 12.2 Å². The minimum Gasteiger partial charge on any atom is -0.338 e. The highest BCUT2D eigenvalue weighted by Gasteiger charge is 2.36. The summed E-state index contributed by atoms with van der Waals surface area (Å²) in [6, 6.07) is 3.94. The number of nitrogens with zero attached hydrogens (tertiary/aromatic N) is 1. The first-order valence-electron chi connectivity index (χ1n) is 9.07. The van der Waals surface area contributed by atoms with Crippen LogP contribution in [0, 0.1) is 5.92 Å². The Bertz CT molecular complexity index is 624. The van der Waals surface area contributed by atoms with Crippen LogP contribution < -0.4 is 5.32 Å². The van der Waals surface area contributed by atoms with Crippen LogP contribution in [0.2, 0.25) is 0 Å². The van der Waals surface area contributed by atoms with E-state index in [1.165, 1.54) is 12.1 Å². The van der Waals surface area contributed by atoms with Gasteiger partial charge in [-0.3, -0.25) is 4.79 Å². The van der Waals surface area contributed by atoms with Gasteiger partial charge < -0.3 is 10.2 Å². The highest BCUT2D eigenvalue weighted by Crippen LogP contribution is 2.38. The van der Waals surface area contributed by atoms with Gasteiger partial charge in [-0.25, -0.2) is 0 Å². The lowest BCUT2D eigenvalue weighted by Crippen LogP contribution is -2.39. The van der Waals surface area contributed by atoms with Crippen molar-refractivity contribution in [3.63, 3.8) is 0 Å². The summed E-state index contributed by atoms with van der Waals surface area (Å²) in [4.78, 5) is 14.6. The number of nitrogens with one attached hydrogen (secondary N) is 1. The van der Waals surface area contributed by atoms with Crippen molar-refractivity contribution in [3.8, 4) is 0 Å². The van der Waals surface area contributed by atoms with Gasteiger partial charge in [-0.15, -0.1) is 0 Å². The van der Waals surface area contributed by atoms with Crippen LogP contribution in [-0.4, -0.2) is 37.0 Å². The van der Waals surface area contributed by atoms with Crippen molar-refractivity contribution in [1.29, 1.82) is 0 Å². The molecule has 2 aliphatic heterocycles. The van der Waals surface area contributed by atoms with Crippen LogP contribution >= 0.6 is 0 Å². The molecule has 138 valence electrons. The van der Waals surface area contributed by atoms with E-state index in [0.717, 1.165) is 18.9 Å². The lowest BCUT2D eigenvalue weighted by atomic mass is 9.85. The molecule has 6 heteroatoms. The van der Waals surface area contributed by atoms with Gasteiger partial charge in [0.1, 0.15) is 0 Å². The number of hydrogen-bond donors (Lipinski definition) is 1. The molecule has 1 atom stereocenters. The molecule has 2 heterocycles. The van der Waals surface area contributed by atoms with Gasteiger partial charge in [0, 0.05) is 18.7 Å². The number of hydrogen-bond acceptors (Lipinski definition) is 2. The Labute approximate surface area is 146 Å². The highest BCUT2D eigenvalue weighted by molar-refractivity contribution is 5.94. The zero-order valence-electron chi connectivity index (χ0n) is 14.5. The second-order valence-electron chi connectivity index (χ2n) is 7.32. The Morgan fingerprint density at radius 2 is 1.92 bits per heavy atom. The van der Waals surface area contributed by atoms with Gasteiger partial charge >= 0.3 is 6.18 Å². The zero-order chi connectivity index (χ0) is 18.0. The number of amides is 1. The number of carbonyl (C=O) groups excluding carboxylic acids is 1. The summed E-state index contributed by atoms with van der Waals surface area (Å²) in [5.74, 6) is 0.150. The average molecular weight is 354 g/mol. The SMILES string of the molecule is CC1CCCN(C(=O)c2ccc(C(F)(F)F)c(C3CCNCC3)c2)C1. The van der Waals surface area contributed by atoms with E-state index in [1.54, 1.807) is 4.90 Å². The molecule has 0 saturated carbocycles. The van der Waals surface area contributed by atoms with E-state index >= 15 is 0 Å². The normalized spacial score (nSPS) is 22.9. The predicted octanol–water partition coefficient (Wildman–Crippen LogP) is 4.04. The fourth-order valence-corrected chi connectivity index (χ4v) is 3.98. The van der Waals surface area contributed by atoms with Crippen LogP contribution in [0.25, 0.3) is 0 Å². The number of alkyl halides is 3. The number of rotatable bonds is 2. The third kappa shape index (κ3) is 4.17. The summed E-state index contributed by atoms with van der Waals surface area (Å²) in [5, 5.41) is 3.18. The number of likely N-dealkylation sites (tertiary alicyclic amines) is 1. The third-order valence-electron chi connectivity index (χ3n) is 5.33. The molecular weight excluding hydrogens is 329 g/mol. The van der Waals surface area contributed by atoms with Crippen LogP contribution in [0.4, 0.5) is 13.2 Å². The highest BCUT2D eigenvalue weighted by atomic mass is 19.4. The number of benzene rings is 1. The van der Waals surface area contributed by atoms with Crippen LogP contribution in [0.1, 0.15) is 60.0 Å². The Balaban J connectivity index is 1.91. The van der Waals surface area contributed by atoms with Gasteiger partial charge in [0.05, 0.1) is 5.56 Å². The standard InChI is InChI=1S/C19H25F3N2O/c1-13-3-2-10-24(12-13)18(25)15-4-5-17(19(20,21)22)16(11-15)14-6-8-23-9-7-14/h4-5,11,13-14,23H,2-3,6-10,12H2,1H3. The molecule has 2 fully saturated rings. The first-order valence-corrected chi connectivity index (χ1v) is 9.07. The van der Waals surface area contributed by atoms with Crippen LogP contribution in [0.15, 0.2) is 18.2 Å². The number of piperidine rings is 2. The van der Waals surface area contributed by atoms with E-state index in [0.29, 0.717) is 50.5 Å². The molecule has 1 aromatic rings. The Morgan fingerprint density at radius 1 is 1.20 bits per heavy atom. The van der Waals surface area contributed by atoms with E-state index in [9.17, 15) is 18.0 Å². The lowest BCUT2D eigenvalue weighted by Gasteiger charge is -2.31. The maximum atomic E-state index is 13.4. The molecule has 3 nitrogen and oxygen atoms in total. The van der Waals surface area contributed by atoms with Gasteiger partial charge in [-0.1, -0.05) is 6.92 Å². The Hall–Kier alpha value is -1.56. The van der Waals surface area contributed by atoms with Crippen molar-refractivity contribution in [2.45, 2.75) is 44.7 Å². The van der Waals surface area contributed by atoms with Crippen molar-refractivity contribution < 1.29 is 18.0 Å². The van der Waals surface area contributed by atoms with Gasteiger partial charge in [-0.05, 0) is 74.4 Å². The molecule has 1 aromatic carbocycles. The maximum Gasteiger partial charge on any atom is 0.416 e. The monoisotopic (exact) mass is 354 g/mol. The summed E-state index contributed by atoms with van der Waals surface area (Å²) >= 11 is 0. The molecule has 1 amide bonds. The van der Waals surface area contributed by atoms with Crippen molar-refractivity contribution >= 4 is 5.91 Å². The van der Waals surface area contributed by atoms with Crippen molar-refractivity contribution in [1.82, 2.24) is 10.2 Å². The van der Waals surface area contributed by atoms with Gasteiger partial charge in [-0.2, -0.15) is 13.2 Å². The minimum atomic E-state index is -4.39. The lowest BCUT2D eigenvalue weighted by molar-refractivity contribution is -0.138. The van der Waals surface area contributed by atoms with E-state index < -0.39 is 11.7 Å². The maximum absolute atomic E-state index is 13.4. The Morgan fingerprint density at radius 3 is 2.56 bits per heavy atom. The van der Waals surface area contributed by atoms with E-state index in [-0.39, 0.29) is 17.4 Å². The van der Waals surface area contributed by atoms with Crippen molar-refractivity contribution in [3.05, 3.63) is 34.9 Å². The molecule has 0 spiro atoms.